The molecule has 4 heteroatoms. The minimum absolute atomic E-state index is 0.0213. The van der Waals surface area contributed by atoms with E-state index in [1.165, 1.54) is 30.8 Å². The molecule has 1 N–H and O–H groups in total. The van der Waals surface area contributed by atoms with E-state index in [9.17, 15) is 4.79 Å². The second kappa shape index (κ2) is 6.96. The maximum absolute atomic E-state index is 11.5. The minimum atomic E-state index is -0.0213. The van der Waals surface area contributed by atoms with Crippen molar-refractivity contribution in [3.05, 3.63) is 35.4 Å². The number of amides is 1. The van der Waals surface area contributed by atoms with Crippen molar-refractivity contribution in [3.8, 4) is 0 Å². The van der Waals surface area contributed by atoms with Gasteiger partial charge in [-0.1, -0.05) is 19.1 Å². The molecule has 1 aliphatic rings. The van der Waals surface area contributed by atoms with E-state index in [2.05, 4.69) is 41.0 Å². The quantitative estimate of drug-likeness (QED) is 0.918. The molecule has 1 aliphatic heterocycles. The molecule has 0 aliphatic carbocycles. The van der Waals surface area contributed by atoms with E-state index >= 15 is 0 Å². The Bertz CT molecular complexity index is 419. The van der Waals surface area contributed by atoms with Crippen molar-refractivity contribution in [1.29, 1.82) is 0 Å². The first-order chi connectivity index (χ1) is 9.22. The summed E-state index contributed by atoms with van der Waals surface area (Å²) in [6.07, 6.45) is 1.25. The summed E-state index contributed by atoms with van der Waals surface area (Å²) in [5.74, 6) is 1.21. The first kappa shape index (κ1) is 14.4. The molecule has 0 aromatic heterocycles. The molecule has 0 spiro atoms. The number of nitrogens with zero attached hydrogens (tertiary/aromatic N) is 1. The molecule has 0 radical (unpaired) electrons. The summed E-state index contributed by atoms with van der Waals surface area (Å²) in [5, 5.41) is 3.42. The van der Waals surface area contributed by atoms with Crippen LogP contribution in [0.5, 0.6) is 0 Å². The van der Waals surface area contributed by atoms with Gasteiger partial charge in [-0.2, -0.15) is 11.8 Å². The Morgan fingerprint density at radius 2 is 2.16 bits per heavy atom. The van der Waals surface area contributed by atoms with Crippen LogP contribution in [0.1, 0.15) is 29.3 Å². The van der Waals surface area contributed by atoms with E-state index in [0.29, 0.717) is 0 Å². The summed E-state index contributed by atoms with van der Waals surface area (Å²) in [6.45, 7) is 5.60. The molecule has 0 saturated carbocycles. The predicted molar refractivity (Wildman–Crippen MR) is 81.6 cm³/mol. The monoisotopic (exact) mass is 278 g/mol. The van der Waals surface area contributed by atoms with Crippen LogP contribution in [0.2, 0.25) is 0 Å². The lowest BCUT2D eigenvalue weighted by molar-refractivity contribution is 0.0963. The van der Waals surface area contributed by atoms with Crippen molar-refractivity contribution in [2.24, 2.45) is 0 Å². The zero-order valence-electron chi connectivity index (χ0n) is 11.7. The van der Waals surface area contributed by atoms with Crippen LogP contribution in [0.3, 0.4) is 0 Å². The van der Waals surface area contributed by atoms with Gasteiger partial charge in [0.2, 0.25) is 0 Å². The zero-order valence-corrected chi connectivity index (χ0v) is 12.5. The normalized spacial score (nSPS) is 20.2. The highest BCUT2D eigenvalue weighted by Crippen LogP contribution is 2.22. The van der Waals surface area contributed by atoms with Gasteiger partial charge in [-0.15, -0.1) is 0 Å². The summed E-state index contributed by atoms with van der Waals surface area (Å²) in [5.41, 5.74) is 2.02. The van der Waals surface area contributed by atoms with Gasteiger partial charge in [0.15, 0.2) is 0 Å². The number of hydrogen-bond acceptors (Lipinski definition) is 3. The van der Waals surface area contributed by atoms with Crippen LogP contribution in [-0.4, -0.2) is 41.9 Å². The van der Waals surface area contributed by atoms with Gasteiger partial charge in [-0.3, -0.25) is 9.69 Å². The van der Waals surface area contributed by atoms with Crippen molar-refractivity contribution in [1.82, 2.24) is 10.2 Å². The minimum Gasteiger partial charge on any atom is -0.355 e. The Morgan fingerprint density at radius 3 is 2.79 bits per heavy atom. The van der Waals surface area contributed by atoms with Gasteiger partial charge in [-0.05, 0) is 24.1 Å². The lowest BCUT2D eigenvalue weighted by Crippen LogP contribution is -2.37. The number of thioether (sulfide) groups is 1. The molecule has 1 saturated heterocycles. The summed E-state index contributed by atoms with van der Waals surface area (Å²) in [7, 11) is 1.66. The number of carbonyl (C=O) groups excluding carboxylic acids is 1. The van der Waals surface area contributed by atoms with Crippen LogP contribution >= 0.6 is 11.8 Å². The molecular formula is C15H22N2OS. The molecule has 3 nitrogen and oxygen atoms in total. The highest BCUT2D eigenvalue weighted by molar-refractivity contribution is 8.00. The molecule has 0 bridgehead atoms. The maximum atomic E-state index is 11.5. The lowest BCUT2D eigenvalue weighted by atomic mass is 10.1. The Hall–Kier alpha value is -1.00. The van der Waals surface area contributed by atoms with E-state index in [1.807, 2.05) is 12.1 Å². The van der Waals surface area contributed by atoms with E-state index in [-0.39, 0.29) is 5.91 Å². The number of hydrogen-bond donors (Lipinski definition) is 1. The van der Waals surface area contributed by atoms with E-state index in [4.69, 9.17) is 0 Å². The molecule has 1 amide bonds. The van der Waals surface area contributed by atoms with Gasteiger partial charge in [-0.25, -0.2) is 0 Å². The smallest absolute Gasteiger partial charge is 0.251 e. The van der Waals surface area contributed by atoms with E-state index in [1.54, 1.807) is 7.05 Å². The highest BCUT2D eigenvalue weighted by Gasteiger charge is 2.18. The van der Waals surface area contributed by atoms with Gasteiger partial charge in [0.25, 0.3) is 5.91 Å². The molecule has 19 heavy (non-hydrogen) atoms. The van der Waals surface area contributed by atoms with Crippen molar-refractivity contribution >= 4 is 17.7 Å². The molecule has 1 aromatic rings. The standard InChI is InChI=1S/C15H22N2OS/c1-3-14-11-17(8-9-19-14)10-12-4-6-13(7-5-12)15(18)16-2/h4-7,14H,3,8-11H2,1-2H3,(H,16,18). The van der Waals surface area contributed by atoms with Gasteiger partial charge in [0.1, 0.15) is 0 Å². The predicted octanol–water partition coefficient (Wildman–Crippen LogP) is 2.37. The molecule has 1 atom stereocenters. The second-order valence-corrected chi connectivity index (χ2v) is 6.32. The molecule has 1 fully saturated rings. The first-order valence-corrected chi connectivity index (χ1v) is 7.92. The fourth-order valence-corrected chi connectivity index (χ4v) is 3.58. The molecule has 1 unspecified atom stereocenters. The number of carbonyl (C=O) groups is 1. The Labute approximate surface area is 119 Å². The number of rotatable bonds is 4. The van der Waals surface area contributed by atoms with Crippen molar-refractivity contribution in [2.75, 3.05) is 25.9 Å². The number of benzene rings is 1. The molecule has 1 aromatic carbocycles. The van der Waals surface area contributed by atoms with Crippen molar-refractivity contribution < 1.29 is 4.79 Å². The Balaban J connectivity index is 1.94. The summed E-state index contributed by atoms with van der Waals surface area (Å²) in [4.78, 5) is 14.0. The number of nitrogens with one attached hydrogen (secondary N) is 1. The summed E-state index contributed by atoms with van der Waals surface area (Å²) >= 11 is 2.09. The largest absolute Gasteiger partial charge is 0.355 e. The third-order valence-corrected chi connectivity index (χ3v) is 4.90. The van der Waals surface area contributed by atoms with Crippen molar-refractivity contribution in [3.63, 3.8) is 0 Å². The van der Waals surface area contributed by atoms with E-state index < -0.39 is 0 Å². The highest BCUT2D eigenvalue weighted by atomic mass is 32.2. The molecule has 1 heterocycles. The Kier molecular flexibility index (Phi) is 5.28. The van der Waals surface area contributed by atoms with Gasteiger partial charge in [0, 0.05) is 43.2 Å². The van der Waals surface area contributed by atoms with Gasteiger partial charge < -0.3 is 5.32 Å². The van der Waals surface area contributed by atoms with Gasteiger partial charge >= 0.3 is 0 Å². The lowest BCUT2D eigenvalue weighted by Gasteiger charge is -2.31. The summed E-state index contributed by atoms with van der Waals surface area (Å²) in [6, 6.07) is 7.94. The Morgan fingerprint density at radius 1 is 1.42 bits per heavy atom. The summed E-state index contributed by atoms with van der Waals surface area (Å²) < 4.78 is 0. The average molecular weight is 278 g/mol. The third kappa shape index (κ3) is 3.98. The molecular weight excluding hydrogens is 256 g/mol. The van der Waals surface area contributed by atoms with Crippen LogP contribution in [0, 0.1) is 0 Å². The molecule has 104 valence electrons. The van der Waals surface area contributed by atoms with Crippen LogP contribution in [-0.2, 0) is 6.54 Å². The zero-order chi connectivity index (χ0) is 13.7. The topological polar surface area (TPSA) is 32.3 Å². The maximum Gasteiger partial charge on any atom is 0.251 e. The third-order valence-electron chi connectivity index (χ3n) is 3.53. The van der Waals surface area contributed by atoms with Crippen molar-refractivity contribution in [2.45, 2.75) is 25.1 Å². The van der Waals surface area contributed by atoms with Crippen LogP contribution < -0.4 is 5.32 Å². The first-order valence-electron chi connectivity index (χ1n) is 6.88. The fraction of sp³-hybridized carbons (Fsp3) is 0.533. The fourth-order valence-electron chi connectivity index (χ4n) is 2.34. The average Bonchev–Trinajstić information content (AvgIpc) is 2.47. The SMILES string of the molecule is CCC1CN(Cc2ccc(C(=O)NC)cc2)CCS1. The van der Waals surface area contributed by atoms with E-state index in [0.717, 1.165) is 17.4 Å². The van der Waals surface area contributed by atoms with Crippen LogP contribution in [0.4, 0.5) is 0 Å². The molecule has 2 rings (SSSR count). The van der Waals surface area contributed by atoms with Gasteiger partial charge in [0.05, 0.1) is 0 Å². The second-order valence-electron chi connectivity index (χ2n) is 4.91. The van der Waals surface area contributed by atoms with Crippen LogP contribution in [0.25, 0.3) is 0 Å². The van der Waals surface area contributed by atoms with Crippen LogP contribution in [0.15, 0.2) is 24.3 Å².